The molecule has 0 amide bonds. The van der Waals surface area contributed by atoms with Crippen molar-refractivity contribution in [3.63, 3.8) is 0 Å². The Labute approximate surface area is 45.2 Å². The van der Waals surface area contributed by atoms with E-state index in [-0.39, 0.29) is 0 Å². The third kappa shape index (κ3) is 5.70. The van der Waals surface area contributed by atoms with E-state index >= 15 is 0 Å². The lowest BCUT2D eigenvalue weighted by atomic mass is 10.3. The van der Waals surface area contributed by atoms with Gasteiger partial charge in [-0.2, -0.15) is 0 Å². The SMILES string of the molecule is CC(C)=CCCN. The maximum Gasteiger partial charge on any atom is -0.00425 e. The first-order chi connectivity index (χ1) is 3.27. The molecule has 0 saturated heterocycles. The Morgan fingerprint density at radius 2 is 2.14 bits per heavy atom. The van der Waals surface area contributed by atoms with Gasteiger partial charge in [0, 0.05) is 0 Å². The molecule has 0 fully saturated rings. The predicted molar refractivity (Wildman–Crippen MR) is 33.1 cm³/mol. The Bertz CT molecular complexity index is 60.6. The van der Waals surface area contributed by atoms with Crippen LogP contribution in [0.4, 0.5) is 0 Å². The number of hydrogen-bond acceptors (Lipinski definition) is 1. The zero-order chi connectivity index (χ0) is 5.70. The summed E-state index contributed by atoms with van der Waals surface area (Å²) in [5.41, 5.74) is 6.58. The van der Waals surface area contributed by atoms with E-state index in [9.17, 15) is 0 Å². The fourth-order valence-corrected chi connectivity index (χ4v) is 0.372. The molecule has 1 heteroatoms. The van der Waals surface area contributed by atoms with Crippen molar-refractivity contribution in [2.24, 2.45) is 5.73 Å². The van der Waals surface area contributed by atoms with Crippen LogP contribution in [0.1, 0.15) is 20.3 Å². The van der Waals surface area contributed by atoms with E-state index in [1.807, 2.05) is 0 Å². The molecular formula is C6H13N. The number of nitrogens with two attached hydrogens (primary N) is 1. The summed E-state index contributed by atoms with van der Waals surface area (Å²) >= 11 is 0. The Hall–Kier alpha value is -0.300. The Morgan fingerprint density at radius 3 is 2.29 bits per heavy atom. The molecule has 0 aliphatic heterocycles. The van der Waals surface area contributed by atoms with Crippen LogP contribution in [-0.2, 0) is 0 Å². The number of rotatable bonds is 2. The zero-order valence-electron chi connectivity index (χ0n) is 5.07. The minimum Gasteiger partial charge on any atom is -0.330 e. The van der Waals surface area contributed by atoms with Crippen LogP contribution >= 0.6 is 0 Å². The van der Waals surface area contributed by atoms with Crippen molar-refractivity contribution in [3.8, 4) is 0 Å². The molecule has 0 aromatic carbocycles. The van der Waals surface area contributed by atoms with Gasteiger partial charge in [-0.3, -0.25) is 0 Å². The third-order valence-electron chi connectivity index (χ3n) is 0.719. The molecule has 0 heterocycles. The fourth-order valence-electron chi connectivity index (χ4n) is 0.372. The molecule has 0 radical (unpaired) electrons. The van der Waals surface area contributed by atoms with Crippen molar-refractivity contribution < 1.29 is 0 Å². The number of allylic oxidation sites excluding steroid dienone is 1. The topological polar surface area (TPSA) is 26.0 Å². The second kappa shape index (κ2) is 3.88. The molecule has 0 saturated carbocycles. The van der Waals surface area contributed by atoms with Gasteiger partial charge in [0.15, 0.2) is 0 Å². The van der Waals surface area contributed by atoms with Crippen LogP contribution in [0.3, 0.4) is 0 Å². The van der Waals surface area contributed by atoms with Crippen LogP contribution in [0.25, 0.3) is 0 Å². The summed E-state index contributed by atoms with van der Waals surface area (Å²) in [5.74, 6) is 0. The monoisotopic (exact) mass is 99.1 g/mol. The normalized spacial score (nSPS) is 8.43. The fraction of sp³-hybridized carbons (Fsp3) is 0.667. The molecule has 0 rings (SSSR count). The smallest absolute Gasteiger partial charge is 0.00425 e. The van der Waals surface area contributed by atoms with Gasteiger partial charge in [0.25, 0.3) is 0 Å². The van der Waals surface area contributed by atoms with Gasteiger partial charge in [-0.25, -0.2) is 0 Å². The van der Waals surface area contributed by atoms with Gasteiger partial charge in [0.2, 0.25) is 0 Å². The molecule has 1 nitrogen and oxygen atoms in total. The summed E-state index contributed by atoms with van der Waals surface area (Å²) in [6.07, 6.45) is 3.16. The molecule has 0 aliphatic rings. The highest BCUT2D eigenvalue weighted by molar-refractivity contribution is 4.92. The molecule has 42 valence electrons. The third-order valence-corrected chi connectivity index (χ3v) is 0.719. The molecule has 0 unspecified atom stereocenters. The Balaban J connectivity index is 3.08. The second-order valence-electron chi connectivity index (χ2n) is 1.86. The summed E-state index contributed by atoms with van der Waals surface area (Å²) in [6, 6.07) is 0. The lowest BCUT2D eigenvalue weighted by Gasteiger charge is -1.85. The summed E-state index contributed by atoms with van der Waals surface area (Å²) in [4.78, 5) is 0. The predicted octanol–water partition coefficient (Wildman–Crippen LogP) is 1.30. The van der Waals surface area contributed by atoms with E-state index in [4.69, 9.17) is 5.73 Å². The lowest BCUT2D eigenvalue weighted by molar-refractivity contribution is 0.995. The summed E-state index contributed by atoms with van der Waals surface area (Å²) in [5, 5.41) is 0. The first-order valence-electron chi connectivity index (χ1n) is 2.61. The second-order valence-corrected chi connectivity index (χ2v) is 1.86. The zero-order valence-corrected chi connectivity index (χ0v) is 5.07. The van der Waals surface area contributed by atoms with Crippen LogP contribution in [0.2, 0.25) is 0 Å². The van der Waals surface area contributed by atoms with E-state index in [0.29, 0.717) is 0 Å². The maximum absolute atomic E-state index is 5.23. The van der Waals surface area contributed by atoms with Gasteiger partial charge < -0.3 is 5.73 Å². The van der Waals surface area contributed by atoms with Crippen LogP contribution in [0, 0.1) is 0 Å². The minimum absolute atomic E-state index is 0.769. The molecule has 0 aromatic rings. The minimum atomic E-state index is 0.769. The van der Waals surface area contributed by atoms with Gasteiger partial charge in [-0.05, 0) is 26.8 Å². The van der Waals surface area contributed by atoms with Crippen molar-refractivity contribution in [2.75, 3.05) is 6.54 Å². The van der Waals surface area contributed by atoms with Crippen molar-refractivity contribution in [1.29, 1.82) is 0 Å². The largest absolute Gasteiger partial charge is 0.330 e. The number of hydrogen-bond donors (Lipinski definition) is 1. The van der Waals surface area contributed by atoms with E-state index in [1.54, 1.807) is 0 Å². The van der Waals surface area contributed by atoms with E-state index in [2.05, 4.69) is 19.9 Å². The van der Waals surface area contributed by atoms with Gasteiger partial charge in [0.05, 0.1) is 0 Å². The van der Waals surface area contributed by atoms with Gasteiger partial charge in [0.1, 0.15) is 0 Å². The molecule has 0 spiro atoms. The summed E-state index contributed by atoms with van der Waals surface area (Å²) < 4.78 is 0. The molecule has 2 N–H and O–H groups in total. The highest BCUT2D eigenvalue weighted by Crippen LogP contribution is 1.89. The Kier molecular flexibility index (Phi) is 3.71. The lowest BCUT2D eigenvalue weighted by Crippen LogP contribution is -1.95. The first-order valence-corrected chi connectivity index (χ1v) is 2.61. The van der Waals surface area contributed by atoms with Crippen LogP contribution < -0.4 is 5.73 Å². The van der Waals surface area contributed by atoms with Crippen LogP contribution in [0.15, 0.2) is 11.6 Å². The molecule has 7 heavy (non-hydrogen) atoms. The molecule has 0 aliphatic carbocycles. The molecule has 0 aromatic heterocycles. The molecule has 0 atom stereocenters. The average Bonchev–Trinajstić information content (AvgIpc) is 1.61. The quantitative estimate of drug-likeness (QED) is 0.519. The van der Waals surface area contributed by atoms with Gasteiger partial charge >= 0.3 is 0 Å². The van der Waals surface area contributed by atoms with Crippen LogP contribution in [0.5, 0.6) is 0 Å². The van der Waals surface area contributed by atoms with Crippen molar-refractivity contribution in [2.45, 2.75) is 20.3 Å². The van der Waals surface area contributed by atoms with Crippen molar-refractivity contribution in [1.82, 2.24) is 0 Å². The average molecular weight is 99.2 g/mol. The van der Waals surface area contributed by atoms with Crippen molar-refractivity contribution >= 4 is 0 Å². The van der Waals surface area contributed by atoms with Crippen molar-refractivity contribution in [3.05, 3.63) is 11.6 Å². The Morgan fingerprint density at radius 1 is 1.57 bits per heavy atom. The first kappa shape index (κ1) is 6.70. The standard InChI is InChI=1S/C6H13N/c1-6(2)4-3-5-7/h4H,3,5,7H2,1-2H3. The van der Waals surface area contributed by atoms with E-state index in [1.165, 1.54) is 5.57 Å². The highest BCUT2D eigenvalue weighted by atomic mass is 14.5. The summed E-state index contributed by atoms with van der Waals surface area (Å²) in [7, 11) is 0. The highest BCUT2D eigenvalue weighted by Gasteiger charge is 1.73. The molecular weight excluding hydrogens is 86.1 g/mol. The van der Waals surface area contributed by atoms with E-state index < -0.39 is 0 Å². The van der Waals surface area contributed by atoms with Crippen LogP contribution in [-0.4, -0.2) is 6.54 Å². The van der Waals surface area contributed by atoms with Gasteiger partial charge in [-0.15, -0.1) is 0 Å². The maximum atomic E-state index is 5.23. The van der Waals surface area contributed by atoms with Gasteiger partial charge in [-0.1, -0.05) is 11.6 Å². The molecule has 0 bridgehead atoms. The van der Waals surface area contributed by atoms with E-state index in [0.717, 1.165) is 13.0 Å². The summed E-state index contributed by atoms with van der Waals surface area (Å²) in [6.45, 7) is 4.93.